The monoisotopic (exact) mass is 234 g/mol. The molecule has 2 heteroatoms. The fraction of sp³-hybridized carbons (Fsp3) is 0.600. The van der Waals surface area contributed by atoms with E-state index in [1.54, 1.807) is 0 Å². The van der Waals surface area contributed by atoms with E-state index in [1.807, 2.05) is 0 Å². The van der Waals surface area contributed by atoms with E-state index in [4.69, 9.17) is 4.74 Å². The average Bonchev–Trinajstić information content (AvgIpc) is 2.40. The second-order valence-electron chi connectivity index (χ2n) is 4.85. The van der Waals surface area contributed by atoms with Crippen LogP contribution in [0.15, 0.2) is 24.3 Å². The Balaban J connectivity index is 1.89. The first-order valence-electron chi connectivity index (χ1n) is 6.67. The molecule has 0 bridgehead atoms. The zero-order valence-electron chi connectivity index (χ0n) is 10.6. The molecule has 1 heterocycles. The first-order chi connectivity index (χ1) is 8.29. The first kappa shape index (κ1) is 12.6. The predicted molar refractivity (Wildman–Crippen MR) is 69.1 cm³/mol. The summed E-state index contributed by atoms with van der Waals surface area (Å²) in [5, 5.41) is 10.1. The van der Waals surface area contributed by atoms with Crippen molar-refractivity contribution in [2.45, 2.75) is 51.2 Å². The van der Waals surface area contributed by atoms with Crippen molar-refractivity contribution in [3.05, 3.63) is 35.4 Å². The molecule has 2 unspecified atom stereocenters. The Hall–Kier alpha value is -0.860. The van der Waals surface area contributed by atoms with E-state index >= 15 is 0 Å². The van der Waals surface area contributed by atoms with Crippen LogP contribution >= 0.6 is 0 Å². The van der Waals surface area contributed by atoms with Crippen molar-refractivity contribution in [1.29, 1.82) is 0 Å². The molecule has 2 nitrogen and oxygen atoms in total. The molecule has 0 saturated carbocycles. The van der Waals surface area contributed by atoms with Crippen LogP contribution in [-0.2, 0) is 17.6 Å². The lowest BCUT2D eigenvalue weighted by Crippen LogP contribution is -2.33. The third kappa shape index (κ3) is 3.55. The largest absolute Gasteiger partial charge is 0.390 e. The van der Waals surface area contributed by atoms with E-state index in [0.29, 0.717) is 6.42 Å². The molecule has 0 aliphatic carbocycles. The summed E-state index contributed by atoms with van der Waals surface area (Å²) < 4.78 is 5.61. The Morgan fingerprint density at radius 2 is 1.94 bits per heavy atom. The highest BCUT2D eigenvalue weighted by Gasteiger charge is 2.22. The minimum absolute atomic E-state index is 0.0367. The molecule has 2 atom stereocenters. The van der Waals surface area contributed by atoms with Gasteiger partial charge in [-0.2, -0.15) is 0 Å². The first-order valence-corrected chi connectivity index (χ1v) is 6.67. The minimum Gasteiger partial charge on any atom is -0.390 e. The van der Waals surface area contributed by atoms with Gasteiger partial charge in [0.25, 0.3) is 0 Å². The van der Waals surface area contributed by atoms with Gasteiger partial charge < -0.3 is 9.84 Å². The Labute approximate surface area is 104 Å². The van der Waals surface area contributed by atoms with Crippen LogP contribution in [0.4, 0.5) is 0 Å². The van der Waals surface area contributed by atoms with Crippen molar-refractivity contribution in [3.63, 3.8) is 0 Å². The van der Waals surface area contributed by atoms with E-state index in [9.17, 15) is 5.11 Å². The maximum Gasteiger partial charge on any atom is 0.0842 e. The van der Waals surface area contributed by atoms with Gasteiger partial charge in [-0.05, 0) is 36.8 Å². The van der Waals surface area contributed by atoms with E-state index in [1.165, 1.54) is 17.5 Å². The maximum atomic E-state index is 10.1. The zero-order valence-corrected chi connectivity index (χ0v) is 10.6. The molecule has 1 aliphatic rings. The summed E-state index contributed by atoms with van der Waals surface area (Å²) in [7, 11) is 0. The van der Waals surface area contributed by atoms with Gasteiger partial charge in [-0.25, -0.2) is 0 Å². The maximum absolute atomic E-state index is 10.1. The Kier molecular flexibility index (Phi) is 4.57. The molecule has 1 saturated heterocycles. The fourth-order valence-corrected chi connectivity index (χ4v) is 2.35. The molecule has 2 rings (SSSR count). The van der Waals surface area contributed by atoms with Crippen LogP contribution < -0.4 is 0 Å². The lowest BCUT2D eigenvalue weighted by molar-refractivity contribution is -0.0611. The summed E-state index contributed by atoms with van der Waals surface area (Å²) >= 11 is 0. The van der Waals surface area contributed by atoms with E-state index in [-0.39, 0.29) is 12.2 Å². The molecular formula is C15H22O2. The van der Waals surface area contributed by atoms with Gasteiger partial charge in [0.2, 0.25) is 0 Å². The van der Waals surface area contributed by atoms with Crippen LogP contribution in [0.5, 0.6) is 0 Å². The van der Waals surface area contributed by atoms with Gasteiger partial charge in [0.1, 0.15) is 0 Å². The number of hydrogen-bond donors (Lipinski definition) is 1. The standard InChI is InChI=1S/C15H22O2/c1-2-12-6-8-13(9-7-12)11-14(16)15-5-3-4-10-17-15/h6-9,14-16H,2-5,10-11H2,1H3. The molecule has 0 aromatic heterocycles. The van der Waals surface area contributed by atoms with E-state index < -0.39 is 0 Å². The van der Waals surface area contributed by atoms with Crippen molar-refractivity contribution in [3.8, 4) is 0 Å². The van der Waals surface area contributed by atoms with Crippen LogP contribution in [0.2, 0.25) is 0 Å². The molecule has 1 aliphatic heterocycles. The molecule has 0 radical (unpaired) electrons. The fourth-order valence-electron chi connectivity index (χ4n) is 2.35. The number of ether oxygens (including phenoxy) is 1. The highest BCUT2D eigenvalue weighted by Crippen LogP contribution is 2.18. The van der Waals surface area contributed by atoms with Gasteiger partial charge in [-0.1, -0.05) is 31.2 Å². The molecule has 1 aromatic carbocycles. The van der Waals surface area contributed by atoms with Crippen molar-refractivity contribution in [2.75, 3.05) is 6.61 Å². The van der Waals surface area contributed by atoms with Crippen LogP contribution in [0.1, 0.15) is 37.3 Å². The third-order valence-corrected chi connectivity index (χ3v) is 3.52. The van der Waals surface area contributed by atoms with Crippen LogP contribution in [0.3, 0.4) is 0 Å². The normalized spacial score (nSPS) is 22.4. The number of hydrogen-bond acceptors (Lipinski definition) is 2. The van der Waals surface area contributed by atoms with Crippen molar-refractivity contribution in [2.24, 2.45) is 0 Å². The number of aliphatic hydroxyl groups excluding tert-OH is 1. The lowest BCUT2D eigenvalue weighted by atomic mass is 9.97. The van der Waals surface area contributed by atoms with Crippen LogP contribution in [0.25, 0.3) is 0 Å². The van der Waals surface area contributed by atoms with Gasteiger partial charge >= 0.3 is 0 Å². The summed E-state index contributed by atoms with van der Waals surface area (Å²) in [5.74, 6) is 0. The topological polar surface area (TPSA) is 29.5 Å². The van der Waals surface area contributed by atoms with Gasteiger partial charge in [-0.15, -0.1) is 0 Å². The van der Waals surface area contributed by atoms with Crippen LogP contribution in [0, 0.1) is 0 Å². The zero-order chi connectivity index (χ0) is 12.1. The molecule has 1 N–H and O–H groups in total. The molecule has 1 aromatic rings. The van der Waals surface area contributed by atoms with Gasteiger partial charge in [0, 0.05) is 13.0 Å². The molecule has 17 heavy (non-hydrogen) atoms. The second-order valence-corrected chi connectivity index (χ2v) is 4.85. The van der Waals surface area contributed by atoms with E-state index in [2.05, 4.69) is 31.2 Å². The Morgan fingerprint density at radius 1 is 1.24 bits per heavy atom. The van der Waals surface area contributed by atoms with Crippen molar-refractivity contribution >= 4 is 0 Å². The number of benzene rings is 1. The summed E-state index contributed by atoms with van der Waals surface area (Å²) in [6.07, 6.45) is 4.75. The average molecular weight is 234 g/mol. The highest BCUT2D eigenvalue weighted by molar-refractivity contribution is 5.23. The highest BCUT2D eigenvalue weighted by atomic mass is 16.5. The molecule has 1 fully saturated rings. The quantitative estimate of drug-likeness (QED) is 0.868. The summed E-state index contributed by atoms with van der Waals surface area (Å²) in [6.45, 7) is 2.95. The number of aliphatic hydroxyl groups is 1. The van der Waals surface area contributed by atoms with Gasteiger partial charge in [0.05, 0.1) is 12.2 Å². The molecule has 0 amide bonds. The minimum atomic E-state index is -0.359. The summed E-state index contributed by atoms with van der Waals surface area (Å²) in [4.78, 5) is 0. The number of rotatable bonds is 4. The van der Waals surface area contributed by atoms with Crippen LogP contribution in [-0.4, -0.2) is 23.9 Å². The van der Waals surface area contributed by atoms with Gasteiger partial charge in [0.15, 0.2) is 0 Å². The van der Waals surface area contributed by atoms with Gasteiger partial charge in [-0.3, -0.25) is 0 Å². The number of aryl methyl sites for hydroxylation is 1. The Bertz CT molecular complexity index is 325. The molecular weight excluding hydrogens is 212 g/mol. The SMILES string of the molecule is CCc1ccc(CC(O)C2CCCCO2)cc1. The lowest BCUT2D eigenvalue weighted by Gasteiger charge is -2.27. The third-order valence-electron chi connectivity index (χ3n) is 3.52. The molecule has 94 valence electrons. The summed E-state index contributed by atoms with van der Waals surface area (Å²) in [5.41, 5.74) is 2.54. The van der Waals surface area contributed by atoms with Crippen molar-refractivity contribution in [1.82, 2.24) is 0 Å². The van der Waals surface area contributed by atoms with E-state index in [0.717, 1.165) is 25.9 Å². The van der Waals surface area contributed by atoms with Crippen molar-refractivity contribution < 1.29 is 9.84 Å². The Morgan fingerprint density at radius 3 is 2.53 bits per heavy atom. The smallest absolute Gasteiger partial charge is 0.0842 e. The molecule has 0 spiro atoms. The second kappa shape index (κ2) is 6.18. The summed E-state index contributed by atoms with van der Waals surface area (Å²) in [6, 6.07) is 8.52. The predicted octanol–water partition coefficient (Wildman–Crippen LogP) is 2.72.